The number of halogens is 4. The number of aliphatic hydroxyl groups excluding tert-OH is 1. The summed E-state index contributed by atoms with van der Waals surface area (Å²) in [6, 6.07) is 4.88. The number of hydrogen-bond acceptors (Lipinski definition) is 3. The molecular weight excluding hydrogens is 307 g/mol. The van der Waals surface area contributed by atoms with Crippen molar-refractivity contribution in [2.45, 2.75) is 17.2 Å². The summed E-state index contributed by atoms with van der Waals surface area (Å²) < 4.78 is 36.8. The van der Waals surface area contributed by atoms with Crippen molar-refractivity contribution in [3.05, 3.63) is 22.7 Å². The van der Waals surface area contributed by atoms with Crippen LogP contribution in [-0.2, 0) is 0 Å². The molecule has 0 saturated heterocycles. The summed E-state index contributed by atoms with van der Waals surface area (Å²) in [7, 11) is 0. The number of nitrogen functional groups attached to an aromatic ring is 1. The number of thioether (sulfide) groups is 1. The van der Waals surface area contributed by atoms with Crippen LogP contribution in [0.15, 0.2) is 27.6 Å². The van der Waals surface area contributed by atoms with E-state index in [1.807, 2.05) is 0 Å². The molecule has 0 saturated carbocycles. The van der Waals surface area contributed by atoms with Gasteiger partial charge in [0.2, 0.25) is 0 Å². The average molecular weight is 316 g/mol. The predicted molar refractivity (Wildman–Crippen MR) is 61.3 cm³/mol. The maximum atomic E-state index is 12.0. The van der Waals surface area contributed by atoms with E-state index in [0.29, 0.717) is 10.6 Å². The Hall–Kier alpha value is -0.400. The van der Waals surface area contributed by atoms with Crippen molar-refractivity contribution in [2.75, 3.05) is 11.5 Å². The van der Waals surface area contributed by atoms with Gasteiger partial charge < -0.3 is 10.8 Å². The van der Waals surface area contributed by atoms with Gasteiger partial charge in [-0.05, 0) is 18.2 Å². The fourth-order valence-electron chi connectivity index (χ4n) is 0.914. The Morgan fingerprint density at radius 1 is 1.44 bits per heavy atom. The van der Waals surface area contributed by atoms with E-state index in [4.69, 9.17) is 10.8 Å². The predicted octanol–water partition coefficient (Wildman–Crippen LogP) is 3.05. The first-order valence-electron chi connectivity index (χ1n) is 4.23. The summed E-state index contributed by atoms with van der Waals surface area (Å²) in [5, 5.41) is 8.80. The lowest BCUT2D eigenvalue weighted by Gasteiger charge is -2.14. The number of anilines is 1. The molecule has 0 amide bonds. The molecule has 0 spiro atoms. The molecule has 1 aromatic carbocycles. The highest BCUT2D eigenvalue weighted by atomic mass is 79.9. The maximum Gasteiger partial charge on any atom is 0.415 e. The van der Waals surface area contributed by atoms with Crippen molar-refractivity contribution in [2.24, 2.45) is 0 Å². The molecule has 0 fully saturated rings. The summed E-state index contributed by atoms with van der Waals surface area (Å²) >= 11 is 4.06. The van der Waals surface area contributed by atoms with E-state index in [-0.39, 0.29) is 0 Å². The van der Waals surface area contributed by atoms with Crippen LogP contribution in [0.5, 0.6) is 0 Å². The molecule has 0 radical (unpaired) electrons. The van der Waals surface area contributed by atoms with E-state index in [1.54, 1.807) is 18.2 Å². The molecule has 1 rings (SSSR count). The van der Waals surface area contributed by atoms with Gasteiger partial charge in [-0.25, -0.2) is 0 Å². The van der Waals surface area contributed by atoms with Crippen LogP contribution in [0.1, 0.15) is 0 Å². The van der Waals surface area contributed by atoms with Gasteiger partial charge in [0, 0.05) is 20.8 Å². The van der Waals surface area contributed by atoms with Gasteiger partial charge in [0.15, 0.2) is 6.10 Å². The zero-order chi connectivity index (χ0) is 12.3. The monoisotopic (exact) mass is 315 g/mol. The first-order valence-corrected chi connectivity index (χ1v) is 6.01. The summed E-state index contributed by atoms with van der Waals surface area (Å²) in [5.41, 5.74) is 5.99. The molecule has 3 N–H and O–H groups in total. The van der Waals surface area contributed by atoms with Gasteiger partial charge in [0.1, 0.15) is 0 Å². The highest BCUT2D eigenvalue weighted by Crippen LogP contribution is 2.31. The highest BCUT2D eigenvalue weighted by molar-refractivity contribution is 9.10. The van der Waals surface area contributed by atoms with Gasteiger partial charge in [0.05, 0.1) is 0 Å². The van der Waals surface area contributed by atoms with E-state index < -0.39 is 18.0 Å². The first-order chi connectivity index (χ1) is 7.30. The number of aliphatic hydroxyl groups is 1. The molecule has 16 heavy (non-hydrogen) atoms. The smallest absolute Gasteiger partial charge is 0.398 e. The van der Waals surface area contributed by atoms with E-state index in [2.05, 4.69) is 15.9 Å². The SMILES string of the molecule is Nc1cc(Br)ccc1SCC(O)C(F)(F)F. The number of rotatable bonds is 3. The molecule has 1 atom stereocenters. The first kappa shape index (κ1) is 13.7. The van der Waals surface area contributed by atoms with Crippen LogP contribution in [0.2, 0.25) is 0 Å². The van der Waals surface area contributed by atoms with Crippen LogP contribution in [0.3, 0.4) is 0 Å². The summed E-state index contributed by atoms with van der Waals surface area (Å²) in [4.78, 5) is 0.520. The lowest BCUT2D eigenvalue weighted by atomic mass is 10.3. The summed E-state index contributed by atoms with van der Waals surface area (Å²) in [6.45, 7) is 0. The summed E-state index contributed by atoms with van der Waals surface area (Å²) in [5.74, 6) is -0.463. The minimum atomic E-state index is -4.59. The van der Waals surface area contributed by atoms with Gasteiger partial charge in [-0.1, -0.05) is 15.9 Å². The molecule has 2 nitrogen and oxygen atoms in total. The summed E-state index contributed by atoms with van der Waals surface area (Å²) in [6.07, 6.45) is -6.92. The third kappa shape index (κ3) is 3.88. The second-order valence-electron chi connectivity index (χ2n) is 3.05. The van der Waals surface area contributed by atoms with Crippen LogP contribution in [0, 0.1) is 0 Å². The van der Waals surface area contributed by atoms with Crippen LogP contribution >= 0.6 is 27.7 Å². The van der Waals surface area contributed by atoms with Crippen LogP contribution in [0.25, 0.3) is 0 Å². The topological polar surface area (TPSA) is 46.2 Å². The Kier molecular flexibility index (Phi) is 4.52. The van der Waals surface area contributed by atoms with Crippen LogP contribution in [0.4, 0.5) is 18.9 Å². The Morgan fingerprint density at radius 3 is 2.56 bits per heavy atom. The van der Waals surface area contributed by atoms with Crippen LogP contribution < -0.4 is 5.73 Å². The van der Waals surface area contributed by atoms with E-state index in [1.165, 1.54) is 0 Å². The van der Waals surface area contributed by atoms with E-state index in [0.717, 1.165) is 16.2 Å². The van der Waals surface area contributed by atoms with Gasteiger partial charge >= 0.3 is 6.18 Å². The van der Waals surface area contributed by atoms with Gasteiger partial charge in [-0.3, -0.25) is 0 Å². The van der Waals surface area contributed by atoms with Crippen LogP contribution in [-0.4, -0.2) is 23.1 Å². The van der Waals surface area contributed by atoms with Gasteiger partial charge in [-0.2, -0.15) is 13.2 Å². The normalized spacial score (nSPS) is 13.8. The molecule has 1 unspecified atom stereocenters. The molecular formula is C9H9BrF3NOS. The maximum absolute atomic E-state index is 12.0. The minimum Gasteiger partial charge on any atom is -0.398 e. The number of benzene rings is 1. The lowest BCUT2D eigenvalue weighted by Crippen LogP contribution is -2.30. The number of hydrogen-bond donors (Lipinski definition) is 2. The van der Waals surface area contributed by atoms with Gasteiger partial charge in [-0.15, -0.1) is 11.8 Å². The Balaban J connectivity index is 2.62. The fraction of sp³-hybridized carbons (Fsp3) is 0.333. The Bertz CT molecular complexity index is 372. The standard InChI is InChI=1S/C9H9BrF3NOS/c10-5-1-2-7(6(14)3-5)16-4-8(15)9(11,12)13/h1-3,8,15H,4,14H2. The lowest BCUT2D eigenvalue weighted by molar-refractivity contribution is -0.195. The zero-order valence-corrected chi connectivity index (χ0v) is 10.4. The van der Waals surface area contributed by atoms with Crippen molar-refractivity contribution in [3.8, 4) is 0 Å². The highest BCUT2D eigenvalue weighted by Gasteiger charge is 2.37. The molecule has 0 heterocycles. The molecule has 0 aliphatic rings. The molecule has 1 aromatic rings. The molecule has 0 aromatic heterocycles. The van der Waals surface area contributed by atoms with Gasteiger partial charge in [0.25, 0.3) is 0 Å². The third-order valence-corrected chi connectivity index (χ3v) is 3.40. The molecule has 90 valence electrons. The molecule has 0 aliphatic carbocycles. The second-order valence-corrected chi connectivity index (χ2v) is 5.03. The fourth-order valence-corrected chi connectivity index (χ4v) is 2.21. The number of nitrogens with two attached hydrogens (primary N) is 1. The minimum absolute atomic E-state index is 0.383. The Labute approximate surface area is 103 Å². The average Bonchev–Trinajstić information content (AvgIpc) is 2.14. The quantitative estimate of drug-likeness (QED) is 0.665. The van der Waals surface area contributed by atoms with E-state index in [9.17, 15) is 13.2 Å². The second kappa shape index (κ2) is 5.29. The molecule has 7 heteroatoms. The third-order valence-electron chi connectivity index (χ3n) is 1.75. The van der Waals surface area contributed by atoms with Crippen molar-refractivity contribution >= 4 is 33.4 Å². The Morgan fingerprint density at radius 2 is 2.06 bits per heavy atom. The molecule has 0 aliphatic heterocycles. The molecule has 0 bridgehead atoms. The van der Waals surface area contributed by atoms with Crippen molar-refractivity contribution in [3.63, 3.8) is 0 Å². The van der Waals surface area contributed by atoms with Crippen molar-refractivity contribution in [1.82, 2.24) is 0 Å². The van der Waals surface area contributed by atoms with Crippen molar-refractivity contribution in [1.29, 1.82) is 0 Å². The zero-order valence-electron chi connectivity index (χ0n) is 7.96. The largest absolute Gasteiger partial charge is 0.415 e. The van der Waals surface area contributed by atoms with E-state index >= 15 is 0 Å². The number of alkyl halides is 3. The van der Waals surface area contributed by atoms with Crippen molar-refractivity contribution < 1.29 is 18.3 Å².